The van der Waals surface area contributed by atoms with E-state index < -0.39 is 17.9 Å². The molecule has 7 nitrogen and oxygen atoms in total. The first kappa shape index (κ1) is 22.2. The zero-order valence-corrected chi connectivity index (χ0v) is 17.5. The average molecular weight is 401 g/mol. The summed E-state index contributed by atoms with van der Waals surface area (Å²) in [5.74, 6) is -1.85. The van der Waals surface area contributed by atoms with Gasteiger partial charge in [0.05, 0.1) is 31.0 Å². The molecule has 0 saturated heterocycles. The van der Waals surface area contributed by atoms with E-state index in [0.717, 1.165) is 5.56 Å². The fraction of sp³-hybridized carbons (Fsp3) is 0.409. The standard InChI is InChI=1S/C22H27NO6/c1-6-27-20(24)17-13-18(21(25)28-7-2)19(22(26)29-8-3)23(15(17)5)16-11-9-14(4)10-12-16/h9-12H,6-8,13H2,1-5H3. The van der Waals surface area contributed by atoms with E-state index in [1.165, 1.54) is 0 Å². The van der Waals surface area contributed by atoms with Gasteiger partial charge in [-0.25, -0.2) is 14.4 Å². The first-order valence-corrected chi connectivity index (χ1v) is 9.66. The zero-order chi connectivity index (χ0) is 21.6. The van der Waals surface area contributed by atoms with Crippen molar-refractivity contribution >= 4 is 23.6 Å². The summed E-state index contributed by atoms with van der Waals surface area (Å²) >= 11 is 0. The molecule has 0 aromatic heterocycles. The lowest BCUT2D eigenvalue weighted by Gasteiger charge is -2.33. The number of nitrogens with zero attached hydrogens (tertiary/aromatic N) is 1. The van der Waals surface area contributed by atoms with E-state index in [-0.39, 0.29) is 37.5 Å². The summed E-state index contributed by atoms with van der Waals surface area (Å²) in [4.78, 5) is 39.7. The normalized spacial score (nSPS) is 14.0. The zero-order valence-electron chi connectivity index (χ0n) is 17.5. The number of ether oxygens (including phenoxy) is 3. The van der Waals surface area contributed by atoms with Gasteiger partial charge in [0.2, 0.25) is 0 Å². The molecule has 1 aromatic rings. The van der Waals surface area contributed by atoms with E-state index in [1.807, 2.05) is 31.2 Å². The van der Waals surface area contributed by atoms with Crippen LogP contribution in [0.1, 0.15) is 39.7 Å². The van der Waals surface area contributed by atoms with Gasteiger partial charge in [-0.05, 0) is 46.8 Å². The molecular weight excluding hydrogens is 374 g/mol. The van der Waals surface area contributed by atoms with E-state index in [2.05, 4.69) is 0 Å². The van der Waals surface area contributed by atoms with Crippen molar-refractivity contribution in [3.8, 4) is 0 Å². The maximum atomic E-state index is 12.8. The molecular formula is C22H27NO6. The number of carbonyl (C=O) groups is 3. The van der Waals surface area contributed by atoms with Gasteiger partial charge in [0.1, 0.15) is 5.70 Å². The van der Waals surface area contributed by atoms with Crippen LogP contribution in [0.3, 0.4) is 0 Å². The van der Waals surface area contributed by atoms with Crippen LogP contribution in [0, 0.1) is 6.92 Å². The van der Waals surface area contributed by atoms with E-state index in [9.17, 15) is 14.4 Å². The van der Waals surface area contributed by atoms with Crippen molar-refractivity contribution in [1.82, 2.24) is 0 Å². The number of hydrogen-bond donors (Lipinski definition) is 0. The quantitative estimate of drug-likeness (QED) is 0.511. The number of anilines is 1. The largest absolute Gasteiger partial charge is 0.463 e. The fourth-order valence-corrected chi connectivity index (χ4v) is 3.08. The summed E-state index contributed by atoms with van der Waals surface area (Å²) < 4.78 is 15.6. The number of carbonyl (C=O) groups excluding carboxylic acids is 3. The Labute approximate surface area is 170 Å². The van der Waals surface area contributed by atoms with Crippen LogP contribution >= 0.6 is 0 Å². The molecule has 0 fully saturated rings. The number of rotatable bonds is 7. The molecule has 7 heteroatoms. The van der Waals surface area contributed by atoms with Gasteiger partial charge in [-0.15, -0.1) is 0 Å². The van der Waals surface area contributed by atoms with Crippen molar-refractivity contribution in [3.05, 3.63) is 52.4 Å². The van der Waals surface area contributed by atoms with Crippen LogP contribution in [-0.2, 0) is 28.6 Å². The Morgan fingerprint density at radius 3 is 1.79 bits per heavy atom. The second kappa shape index (κ2) is 9.91. The number of hydrogen-bond acceptors (Lipinski definition) is 7. The van der Waals surface area contributed by atoms with Crippen LogP contribution in [0.2, 0.25) is 0 Å². The highest BCUT2D eigenvalue weighted by atomic mass is 16.5. The maximum absolute atomic E-state index is 12.8. The van der Waals surface area contributed by atoms with Gasteiger partial charge in [-0.2, -0.15) is 0 Å². The van der Waals surface area contributed by atoms with E-state index >= 15 is 0 Å². The van der Waals surface area contributed by atoms with Crippen LogP contribution in [-0.4, -0.2) is 37.7 Å². The second-order valence-electron chi connectivity index (χ2n) is 6.40. The van der Waals surface area contributed by atoms with E-state index in [0.29, 0.717) is 17.0 Å². The summed E-state index contributed by atoms with van der Waals surface area (Å²) in [6, 6.07) is 7.39. The number of allylic oxidation sites excluding steroid dienone is 1. The summed E-state index contributed by atoms with van der Waals surface area (Å²) in [5.41, 5.74) is 2.58. The molecule has 1 heterocycles. The van der Waals surface area contributed by atoms with Gasteiger partial charge < -0.3 is 19.1 Å². The Morgan fingerprint density at radius 1 is 0.793 bits per heavy atom. The van der Waals surface area contributed by atoms with Crippen LogP contribution in [0.25, 0.3) is 0 Å². The summed E-state index contributed by atoms with van der Waals surface area (Å²) in [7, 11) is 0. The van der Waals surface area contributed by atoms with Crippen molar-refractivity contribution in [2.24, 2.45) is 0 Å². The van der Waals surface area contributed by atoms with Crippen molar-refractivity contribution in [2.75, 3.05) is 24.7 Å². The third kappa shape index (κ3) is 4.85. The van der Waals surface area contributed by atoms with Gasteiger partial charge in [0.15, 0.2) is 0 Å². The molecule has 0 N–H and O–H groups in total. The molecule has 29 heavy (non-hydrogen) atoms. The Morgan fingerprint density at radius 2 is 1.28 bits per heavy atom. The average Bonchev–Trinajstić information content (AvgIpc) is 2.68. The van der Waals surface area contributed by atoms with Crippen molar-refractivity contribution in [2.45, 2.75) is 41.0 Å². The number of benzene rings is 1. The molecule has 0 atom stereocenters. The first-order valence-electron chi connectivity index (χ1n) is 9.66. The summed E-state index contributed by atoms with van der Waals surface area (Å²) in [6.45, 7) is 9.22. The number of aryl methyl sites for hydroxylation is 1. The molecule has 0 saturated carbocycles. The second-order valence-corrected chi connectivity index (χ2v) is 6.40. The molecule has 0 radical (unpaired) electrons. The predicted molar refractivity (Wildman–Crippen MR) is 108 cm³/mol. The highest BCUT2D eigenvalue weighted by Gasteiger charge is 2.37. The topological polar surface area (TPSA) is 82.1 Å². The summed E-state index contributed by atoms with van der Waals surface area (Å²) in [6.07, 6.45) is -0.0694. The van der Waals surface area contributed by atoms with Crippen LogP contribution in [0.15, 0.2) is 46.8 Å². The Balaban J connectivity index is 2.72. The predicted octanol–water partition coefficient (Wildman–Crippen LogP) is 3.42. The van der Waals surface area contributed by atoms with Gasteiger partial charge in [-0.3, -0.25) is 0 Å². The minimum atomic E-state index is -0.665. The molecule has 2 rings (SSSR count). The van der Waals surface area contributed by atoms with Crippen LogP contribution < -0.4 is 4.90 Å². The van der Waals surface area contributed by atoms with Crippen LogP contribution in [0.5, 0.6) is 0 Å². The molecule has 1 aliphatic rings. The molecule has 156 valence electrons. The Hall–Kier alpha value is -3.09. The smallest absolute Gasteiger partial charge is 0.355 e. The minimum Gasteiger partial charge on any atom is -0.463 e. The highest BCUT2D eigenvalue weighted by Crippen LogP contribution is 2.36. The summed E-state index contributed by atoms with van der Waals surface area (Å²) in [5, 5.41) is 0. The highest BCUT2D eigenvalue weighted by molar-refractivity contribution is 6.07. The molecule has 0 unspecified atom stereocenters. The fourth-order valence-electron chi connectivity index (χ4n) is 3.08. The third-order valence-corrected chi connectivity index (χ3v) is 4.44. The van der Waals surface area contributed by atoms with Gasteiger partial charge in [-0.1, -0.05) is 17.7 Å². The first-order chi connectivity index (χ1) is 13.8. The molecule has 0 bridgehead atoms. The van der Waals surface area contributed by atoms with Gasteiger partial charge >= 0.3 is 17.9 Å². The van der Waals surface area contributed by atoms with E-state index in [4.69, 9.17) is 14.2 Å². The van der Waals surface area contributed by atoms with Crippen molar-refractivity contribution in [1.29, 1.82) is 0 Å². The van der Waals surface area contributed by atoms with Crippen molar-refractivity contribution < 1.29 is 28.6 Å². The SMILES string of the molecule is CCOC(=O)C1=C(C)N(c2ccc(C)cc2)C(C(=O)OCC)=C(C(=O)OCC)C1. The Bertz CT molecular complexity index is 851. The molecule has 0 spiro atoms. The van der Waals surface area contributed by atoms with Gasteiger partial charge in [0.25, 0.3) is 0 Å². The monoisotopic (exact) mass is 401 g/mol. The number of esters is 3. The minimum absolute atomic E-state index is 0.0553. The third-order valence-electron chi connectivity index (χ3n) is 4.44. The lowest BCUT2D eigenvalue weighted by Crippen LogP contribution is -2.36. The van der Waals surface area contributed by atoms with Crippen molar-refractivity contribution in [3.63, 3.8) is 0 Å². The lowest BCUT2D eigenvalue weighted by molar-refractivity contribution is -0.142. The lowest BCUT2D eigenvalue weighted by atomic mass is 9.95. The Kier molecular flexibility index (Phi) is 7.59. The van der Waals surface area contributed by atoms with E-state index in [1.54, 1.807) is 32.6 Å². The van der Waals surface area contributed by atoms with Gasteiger partial charge in [0, 0.05) is 17.8 Å². The molecule has 0 amide bonds. The van der Waals surface area contributed by atoms with Crippen LogP contribution in [0.4, 0.5) is 5.69 Å². The maximum Gasteiger partial charge on any atom is 0.355 e. The molecule has 1 aliphatic heterocycles. The molecule has 1 aromatic carbocycles. The molecule has 0 aliphatic carbocycles.